The lowest BCUT2D eigenvalue weighted by Gasteiger charge is -2.16. The number of rotatable bonds is 4. The molecule has 118 valence electrons. The van der Waals surface area contributed by atoms with E-state index in [1.807, 2.05) is 37.5 Å². The quantitative estimate of drug-likeness (QED) is 0.437. The number of thiazole rings is 1. The summed E-state index contributed by atoms with van der Waals surface area (Å²) < 4.78 is 0. The van der Waals surface area contributed by atoms with Gasteiger partial charge in [0, 0.05) is 34.7 Å². The van der Waals surface area contributed by atoms with Crippen molar-refractivity contribution in [2.75, 3.05) is 7.05 Å². The van der Waals surface area contributed by atoms with E-state index in [9.17, 15) is 0 Å². The Hall–Kier alpha value is -0.860. The minimum atomic E-state index is 0. The molecule has 1 aromatic carbocycles. The van der Waals surface area contributed by atoms with Crippen LogP contribution in [0.3, 0.4) is 0 Å². The predicted octanol–water partition coefficient (Wildman–Crippen LogP) is 3.99. The van der Waals surface area contributed by atoms with Crippen molar-refractivity contribution in [3.05, 3.63) is 40.4 Å². The molecule has 1 heterocycles. The summed E-state index contributed by atoms with van der Waals surface area (Å²) in [6.07, 6.45) is 4.30. The van der Waals surface area contributed by atoms with Crippen LogP contribution in [0.1, 0.15) is 17.7 Å². The van der Waals surface area contributed by atoms with E-state index >= 15 is 0 Å². The van der Waals surface area contributed by atoms with Crippen molar-refractivity contribution in [1.82, 2.24) is 9.88 Å². The molecule has 0 spiro atoms. The van der Waals surface area contributed by atoms with E-state index < -0.39 is 0 Å². The number of nitrogens with two attached hydrogens (primary N) is 1. The van der Waals surface area contributed by atoms with Crippen LogP contribution in [0.15, 0.2) is 35.5 Å². The summed E-state index contributed by atoms with van der Waals surface area (Å²) in [5.74, 6) is 0.610. The zero-order valence-electron chi connectivity index (χ0n) is 12.2. The monoisotopic (exact) mass is 448 g/mol. The molecule has 0 bridgehead atoms. The third-order valence-electron chi connectivity index (χ3n) is 3.50. The van der Waals surface area contributed by atoms with Gasteiger partial charge in [-0.25, -0.2) is 9.98 Å². The maximum atomic E-state index is 5.99. The first kappa shape index (κ1) is 17.5. The highest BCUT2D eigenvalue weighted by atomic mass is 127. The van der Waals surface area contributed by atoms with Crippen LogP contribution >= 0.6 is 46.9 Å². The summed E-state index contributed by atoms with van der Waals surface area (Å²) in [7, 11) is 2.00. The van der Waals surface area contributed by atoms with Crippen LogP contribution in [0.2, 0.25) is 5.02 Å². The molecule has 22 heavy (non-hydrogen) atoms. The van der Waals surface area contributed by atoms with Crippen LogP contribution in [0, 0.1) is 0 Å². The lowest BCUT2D eigenvalue weighted by Crippen LogP contribution is -2.35. The third kappa shape index (κ3) is 4.33. The zero-order valence-corrected chi connectivity index (χ0v) is 16.1. The van der Waals surface area contributed by atoms with Gasteiger partial charge in [-0.3, -0.25) is 0 Å². The van der Waals surface area contributed by atoms with Crippen molar-refractivity contribution in [1.29, 1.82) is 0 Å². The fourth-order valence-electron chi connectivity index (χ4n) is 2.03. The van der Waals surface area contributed by atoms with Crippen molar-refractivity contribution in [2.45, 2.75) is 25.4 Å². The van der Waals surface area contributed by atoms with Gasteiger partial charge in [0.15, 0.2) is 5.96 Å². The summed E-state index contributed by atoms with van der Waals surface area (Å²) in [6.45, 7) is 0.578. The van der Waals surface area contributed by atoms with Gasteiger partial charge in [0.05, 0.1) is 6.54 Å². The molecule has 0 unspecified atom stereocenters. The molecule has 2 aromatic rings. The first-order valence-corrected chi connectivity index (χ1v) is 8.06. The third-order valence-corrected chi connectivity index (χ3v) is 4.78. The lowest BCUT2D eigenvalue weighted by molar-refractivity contribution is 0.487. The topological polar surface area (TPSA) is 54.5 Å². The molecule has 0 aliphatic heterocycles. The highest BCUT2D eigenvalue weighted by Gasteiger charge is 2.27. The smallest absolute Gasteiger partial charge is 0.191 e. The van der Waals surface area contributed by atoms with E-state index in [4.69, 9.17) is 17.3 Å². The Labute approximate surface area is 156 Å². The molecule has 0 saturated heterocycles. The maximum absolute atomic E-state index is 5.99. The molecule has 0 radical (unpaired) electrons. The SMILES string of the molecule is CN(C(N)=NCc1cnc(-c2ccc(Cl)cc2)s1)C1CC1.I. The van der Waals surface area contributed by atoms with E-state index in [-0.39, 0.29) is 24.0 Å². The van der Waals surface area contributed by atoms with Crippen molar-refractivity contribution in [2.24, 2.45) is 10.7 Å². The van der Waals surface area contributed by atoms with Crippen molar-refractivity contribution >= 4 is 52.9 Å². The first-order valence-electron chi connectivity index (χ1n) is 6.87. The fraction of sp³-hybridized carbons (Fsp3) is 0.333. The van der Waals surface area contributed by atoms with Gasteiger partial charge in [0.25, 0.3) is 0 Å². The molecule has 1 saturated carbocycles. The Morgan fingerprint density at radius 2 is 2.09 bits per heavy atom. The van der Waals surface area contributed by atoms with Crippen LogP contribution in [0.25, 0.3) is 10.6 Å². The number of hydrogen-bond donors (Lipinski definition) is 1. The first-order chi connectivity index (χ1) is 10.1. The van der Waals surface area contributed by atoms with Crippen molar-refractivity contribution < 1.29 is 0 Å². The molecule has 1 aromatic heterocycles. The summed E-state index contributed by atoms with van der Waals surface area (Å²) in [4.78, 5) is 12.0. The average molecular weight is 449 g/mol. The number of aromatic nitrogens is 1. The predicted molar refractivity (Wildman–Crippen MR) is 104 cm³/mol. The Balaban J connectivity index is 0.00000176. The molecular formula is C15H18ClIN4S. The van der Waals surface area contributed by atoms with Crippen molar-refractivity contribution in [3.8, 4) is 10.6 Å². The molecule has 3 rings (SSSR count). The van der Waals surface area contributed by atoms with Gasteiger partial charge in [-0.1, -0.05) is 23.7 Å². The van der Waals surface area contributed by atoms with Crippen LogP contribution in [-0.2, 0) is 6.54 Å². The Morgan fingerprint density at radius 1 is 1.41 bits per heavy atom. The van der Waals surface area contributed by atoms with Gasteiger partial charge in [-0.15, -0.1) is 35.3 Å². The Morgan fingerprint density at radius 3 is 2.73 bits per heavy atom. The number of halogens is 2. The summed E-state index contributed by atoms with van der Waals surface area (Å²) in [5.41, 5.74) is 7.06. The molecule has 1 fully saturated rings. The molecule has 2 N–H and O–H groups in total. The lowest BCUT2D eigenvalue weighted by atomic mass is 10.2. The van der Waals surface area contributed by atoms with Crippen LogP contribution in [0.4, 0.5) is 0 Å². The molecule has 1 aliphatic carbocycles. The molecular weight excluding hydrogens is 431 g/mol. The Bertz CT molecular complexity index is 652. The van der Waals surface area contributed by atoms with Crippen molar-refractivity contribution in [3.63, 3.8) is 0 Å². The summed E-state index contributed by atoms with van der Waals surface area (Å²) >= 11 is 7.53. The summed E-state index contributed by atoms with van der Waals surface area (Å²) in [5, 5.41) is 1.71. The molecule has 1 aliphatic rings. The van der Waals surface area contributed by atoms with Gasteiger partial charge in [-0.05, 0) is 25.0 Å². The number of benzene rings is 1. The van der Waals surface area contributed by atoms with Crippen LogP contribution in [0.5, 0.6) is 0 Å². The van der Waals surface area contributed by atoms with Gasteiger partial charge in [0.2, 0.25) is 0 Å². The van der Waals surface area contributed by atoms with Gasteiger partial charge >= 0.3 is 0 Å². The molecule has 7 heteroatoms. The van der Waals surface area contributed by atoms with Crippen LogP contribution < -0.4 is 5.73 Å². The van der Waals surface area contributed by atoms with Gasteiger partial charge in [0.1, 0.15) is 5.01 Å². The zero-order chi connectivity index (χ0) is 14.8. The second kappa shape index (κ2) is 7.61. The molecule has 4 nitrogen and oxygen atoms in total. The fourth-order valence-corrected chi connectivity index (χ4v) is 2.99. The number of guanidine groups is 1. The standard InChI is InChI=1S/C15H17ClN4S.HI/c1-20(12-6-7-12)15(17)19-9-13-8-18-14(21-13)10-2-4-11(16)5-3-10;/h2-5,8,12H,6-7,9H2,1H3,(H2,17,19);1H. The van der Waals surface area contributed by atoms with E-state index in [0.717, 1.165) is 20.5 Å². The van der Waals surface area contributed by atoms with Gasteiger partial charge in [-0.2, -0.15) is 0 Å². The molecule has 0 atom stereocenters. The number of hydrogen-bond acceptors (Lipinski definition) is 3. The van der Waals surface area contributed by atoms with E-state index in [0.29, 0.717) is 18.5 Å². The largest absolute Gasteiger partial charge is 0.370 e. The maximum Gasteiger partial charge on any atom is 0.191 e. The minimum Gasteiger partial charge on any atom is -0.370 e. The normalized spacial score (nSPS) is 14.5. The van der Waals surface area contributed by atoms with E-state index in [1.165, 1.54) is 12.8 Å². The highest BCUT2D eigenvalue weighted by Crippen LogP contribution is 2.27. The van der Waals surface area contributed by atoms with E-state index in [2.05, 4.69) is 14.9 Å². The highest BCUT2D eigenvalue weighted by molar-refractivity contribution is 14.0. The van der Waals surface area contributed by atoms with Gasteiger partial charge < -0.3 is 10.6 Å². The number of aliphatic imine (C=N–C) groups is 1. The van der Waals surface area contributed by atoms with E-state index in [1.54, 1.807) is 11.3 Å². The Kier molecular flexibility index (Phi) is 6.05. The minimum absolute atomic E-state index is 0. The van der Waals surface area contributed by atoms with Crippen LogP contribution in [-0.4, -0.2) is 28.9 Å². The molecule has 0 amide bonds. The average Bonchev–Trinajstić information content (AvgIpc) is 3.23. The summed E-state index contributed by atoms with van der Waals surface area (Å²) in [6, 6.07) is 8.28. The number of nitrogens with zero attached hydrogens (tertiary/aromatic N) is 3. The second-order valence-electron chi connectivity index (χ2n) is 5.16. The second-order valence-corrected chi connectivity index (χ2v) is 6.71.